The number of aryl methyl sites for hydroxylation is 2. The van der Waals surface area contributed by atoms with Crippen molar-refractivity contribution in [1.82, 2.24) is 0 Å². The van der Waals surface area contributed by atoms with Gasteiger partial charge in [0, 0.05) is 0 Å². The Labute approximate surface area is 123 Å². The number of ketones is 1. The molecule has 0 heterocycles. The number of carbonyl (C=O) groups excluding carboxylic acids is 1. The van der Waals surface area contributed by atoms with Gasteiger partial charge in [0.2, 0.25) is 5.78 Å². The molecule has 0 aromatic heterocycles. The van der Waals surface area contributed by atoms with Gasteiger partial charge in [-0.2, -0.15) is 0 Å². The minimum Gasteiger partial charge on any atom is -0.496 e. The zero-order chi connectivity index (χ0) is 15.4. The van der Waals surface area contributed by atoms with Crippen LogP contribution < -0.4 is 9.47 Å². The first kappa shape index (κ1) is 15.0. The van der Waals surface area contributed by atoms with E-state index in [1.807, 2.05) is 32.0 Å². The third kappa shape index (κ3) is 3.60. The summed E-state index contributed by atoms with van der Waals surface area (Å²) in [4.78, 5) is 12.2. The van der Waals surface area contributed by atoms with Crippen molar-refractivity contribution in [1.29, 1.82) is 0 Å². The van der Waals surface area contributed by atoms with Crippen molar-refractivity contribution in [2.75, 3.05) is 13.7 Å². The van der Waals surface area contributed by atoms with Crippen LogP contribution in [0.25, 0.3) is 0 Å². The number of halogens is 1. The van der Waals surface area contributed by atoms with Gasteiger partial charge in [-0.1, -0.05) is 17.7 Å². The molecule has 3 nitrogen and oxygen atoms in total. The van der Waals surface area contributed by atoms with Gasteiger partial charge >= 0.3 is 0 Å². The van der Waals surface area contributed by atoms with Crippen LogP contribution in [0.2, 0.25) is 0 Å². The van der Waals surface area contributed by atoms with Crippen molar-refractivity contribution in [3.63, 3.8) is 0 Å². The molecule has 0 saturated heterocycles. The summed E-state index contributed by atoms with van der Waals surface area (Å²) in [5, 5.41) is 0. The number of ether oxygens (including phenoxy) is 2. The molecule has 0 N–H and O–H groups in total. The van der Waals surface area contributed by atoms with Crippen molar-refractivity contribution >= 4 is 5.78 Å². The zero-order valence-electron chi connectivity index (χ0n) is 12.3. The molecule has 0 bridgehead atoms. The Morgan fingerprint density at radius 1 is 1.10 bits per heavy atom. The molecule has 0 saturated carbocycles. The number of methoxy groups -OCH3 is 1. The molecule has 4 heteroatoms. The quantitative estimate of drug-likeness (QED) is 0.787. The molecular formula is C17H17FO3. The maximum absolute atomic E-state index is 13.3. The first-order chi connectivity index (χ1) is 10.0. The zero-order valence-corrected chi connectivity index (χ0v) is 12.3. The third-order valence-electron chi connectivity index (χ3n) is 3.15. The second-order valence-corrected chi connectivity index (χ2v) is 4.83. The summed E-state index contributed by atoms with van der Waals surface area (Å²) in [6.45, 7) is 3.73. The summed E-state index contributed by atoms with van der Waals surface area (Å²) in [7, 11) is 1.44. The lowest BCUT2D eigenvalue weighted by Gasteiger charge is -2.11. The van der Waals surface area contributed by atoms with E-state index in [4.69, 9.17) is 9.47 Å². The fraction of sp³-hybridized carbons (Fsp3) is 0.235. The minimum atomic E-state index is -0.481. The average molecular weight is 288 g/mol. The van der Waals surface area contributed by atoms with E-state index in [1.54, 1.807) is 0 Å². The van der Waals surface area contributed by atoms with Gasteiger partial charge in [-0.3, -0.25) is 4.79 Å². The van der Waals surface area contributed by atoms with E-state index < -0.39 is 5.82 Å². The predicted molar refractivity (Wildman–Crippen MR) is 78.7 cm³/mol. The van der Waals surface area contributed by atoms with Gasteiger partial charge in [0.05, 0.1) is 12.7 Å². The average Bonchev–Trinajstić information content (AvgIpc) is 2.46. The Hall–Kier alpha value is -2.36. The molecule has 2 aromatic rings. The molecule has 110 valence electrons. The number of hydrogen-bond acceptors (Lipinski definition) is 3. The highest BCUT2D eigenvalue weighted by atomic mass is 19.1. The summed E-state index contributed by atoms with van der Waals surface area (Å²) in [6, 6.07) is 9.55. The summed E-state index contributed by atoms with van der Waals surface area (Å²) in [6.07, 6.45) is 0. The van der Waals surface area contributed by atoms with Gasteiger partial charge in [-0.15, -0.1) is 0 Å². The van der Waals surface area contributed by atoms with E-state index >= 15 is 0 Å². The normalized spacial score (nSPS) is 10.3. The van der Waals surface area contributed by atoms with Crippen LogP contribution >= 0.6 is 0 Å². The van der Waals surface area contributed by atoms with Crippen LogP contribution in [0.4, 0.5) is 4.39 Å². The largest absolute Gasteiger partial charge is 0.496 e. The highest BCUT2D eigenvalue weighted by Crippen LogP contribution is 2.22. The Morgan fingerprint density at radius 3 is 2.48 bits per heavy atom. The van der Waals surface area contributed by atoms with Gasteiger partial charge in [0.25, 0.3) is 0 Å². The molecule has 2 aromatic carbocycles. The van der Waals surface area contributed by atoms with Crippen molar-refractivity contribution in [3.8, 4) is 11.5 Å². The first-order valence-electron chi connectivity index (χ1n) is 6.58. The van der Waals surface area contributed by atoms with E-state index in [0.717, 1.165) is 17.2 Å². The number of benzene rings is 2. The molecule has 21 heavy (non-hydrogen) atoms. The predicted octanol–water partition coefficient (Wildman–Crippen LogP) is 3.71. The van der Waals surface area contributed by atoms with E-state index in [-0.39, 0.29) is 18.0 Å². The second-order valence-electron chi connectivity index (χ2n) is 4.83. The van der Waals surface area contributed by atoms with Crippen molar-refractivity contribution < 1.29 is 18.7 Å². The Morgan fingerprint density at radius 2 is 1.81 bits per heavy atom. The molecule has 0 aliphatic carbocycles. The molecule has 0 spiro atoms. The summed E-state index contributed by atoms with van der Waals surface area (Å²) >= 11 is 0. The standard InChI is InChI=1S/C17H17FO3/c1-11-4-6-16(12(2)8-11)21-10-15(19)14-9-13(18)5-7-17(14)20-3/h4-9H,10H2,1-3H3. The van der Waals surface area contributed by atoms with Crippen LogP contribution in [-0.4, -0.2) is 19.5 Å². The first-order valence-corrected chi connectivity index (χ1v) is 6.58. The maximum Gasteiger partial charge on any atom is 0.204 e. The number of hydrogen-bond donors (Lipinski definition) is 0. The molecular weight excluding hydrogens is 271 g/mol. The summed E-state index contributed by atoms with van der Waals surface area (Å²) in [5.74, 6) is 0.173. The monoisotopic (exact) mass is 288 g/mol. The number of rotatable bonds is 5. The number of Topliss-reactive ketones (excluding diaryl/α,β-unsaturated/α-hetero) is 1. The lowest BCUT2D eigenvalue weighted by molar-refractivity contribution is 0.0917. The van der Waals surface area contributed by atoms with Gasteiger partial charge in [0.1, 0.15) is 17.3 Å². The lowest BCUT2D eigenvalue weighted by atomic mass is 10.1. The highest BCUT2D eigenvalue weighted by Gasteiger charge is 2.14. The van der Waals surface area contributed by atoms with Gasteiger partial charge in [0.15, 0.2) is 6.61 Å². The van der Waals surface area contributed by atoms with Crippen LogP contribution in [0.1, 0.15) is 21.5 Å². The fourth-order valence-electron chi connectivity index (χ4n) is 2.08. The van der Waals surface area contributed by atoms with E-state index in [2.05, 4.69) is 0 Å². The summed E-state index contributed by atoms with van der Waals surface area (Å²) in [5.41, 5.74) is 2.26. The molecule has 0 aliphatic rings. The Kier molecular flexibility index (Phi) is 4.58. The SMILES string of the molecule is COc1ccc(F)cc1C(=O)COc1ccc(C)cc1C. The molecule has 2 rings (SSSR count). The van der Waals surface area contributed by atoms with Crippen molar-refractivity contribution in [2.45, 2.75) is 13.8 Å². The summed E-state index contributed by atoms with van der Waals surface area (Å²) < 4.78 is 23.9. The second kappa shape index (κ2) is 6.39. The molecule has 0 fully saturated rings. The van der Waals surface area contributed by atoms with Crippen LogP contribution in [0.5, 0.6) is 11.5 Å². The molecule has 0 aliphatic heterocycles. The van der Waals surface area contributed by atoms with Crippen molar-refractivity contribution in [2.24, 2.45) is 0 Å². The topological polar surface area (TPSA) is 35.5 Å². The molecule has 0 amide bonds. The lowest BCUT2D eigenvalue weighted by Crippen LogP contribution is -2.13. The smallest absolute Gasteiger partial charge is 0.204 e. The molecule has 0 radical (unpaired) electrons. The van der Waals surface area contributed by atoms with Crippen LogP contribution in [0.3, 0.4) is 0 Å². The Bertz CT molecular complexity index is 665. The van der Waals surface area contributed by atoms with Gasteiger partial charge < -0.3 is 9.47 Å². The molecule has 0 atom stereocenters. The van der Waals surface area contributed by atoms with E-state index in [9.17, 15) is 9.18 Å². The fourth-order valence-corrected chi connectivity index (χ4v) is 2.08. The number of carbonyl (C=O) groups is 1. The van der Waals surface area contributed by atoms with Crippen LogP contribution in [-0.2, 0) is 0 Å². The van der Waals surface area contributed by atoms with E-state index in [1.165, 1.54) is 19.2 Å². The maximum atomic E-state index is 13.3. The van der Waals surface area contributed by atoms with Crippen LogP contribution in [0.15, 0.2) is 36.4 Å². The molecule has 0 unspecified atom stereocenters. The van der Waals surface area contributed by atoms with Gasteiger partial charge in [-0.25, -0.2) is 4.39 Å². The highest BCUT2D eigenvalue weighted by molar-refractivity contribution is 5.99. The van der Waals surface area contributed by atoms with Crippen LogP contribution in [0, 0.1) is 19.7 Å². The van der Waals surface area contributed by atoms with E-state index in [0.29, 0.717) is 11.5 Å². The minimum absolute atomic E-state index is 0.163. The van der Waals surface area contributed by atoms with Gasteiger partial charge in [-0.05, 0) is 43.7 Å². The Balaban J connectivity index is 2.13. The van der Waals surface area contributed by atoms with Crippen molar-refractivity contribution in [3.05, 3.63) is 58.9 Å². The third-order valence-corrected chi connectivity index (χ3v) is 3.15.